The maximum Gasteiger partial charge on any atom is 0.267 e. The van der Waals surface area contributed by atoms with E-state index >= 15 is 0 Å². The summed E-state index contributed by atoms with van der Waals surface area (Å²) in [5, 5.41) is 5.10. The fraction of sp³-hybridized carbons (Fsp3) is 0.364. The zero-order valence-corrected chi connectivity index (χ0v) is 10.3. The molecule has 2 heterocycles. The van der Waals surface area contributed by atoms with Gasteiger partial charge in [-0.1, -0.05) is 0 Å². The standard InChI is InChI=1S/C11H13N3OS/c1-7-4-5-11(15)14(13-7)6-10-12-8(2)9(3)16-10/h4-5H,6H2,1-3H3. The third-order valence-corrected chi connectivity index (χ3v) is 3.42. The maximum absolute atomic E-state index is 11.5. The van der Waals surface area contributed by atoms with Gasteiger partial charge in [0.05, 0.1) is 17.9 Å². The molecule has 0 aliphatic rings. The summed E-state index contributed by atoms with van der Waals surface area (Å²) in [6.07, 6.45) is 0. The average molecular weight is 235 g/mol. The van der Waals surface area contributed by atoms with Gasteiger partial charge in [-0.3, -0.25) is 4.79 Å². The number of rotatable bonds is 2. The predicted octanol–water partition coefficient (Wildman–Crippen LogP) is 1.67. The minimum Gasteiger partial charge on any atom is -0.268 e. The van der Waals surface area contributed by atoms with Gasteiger partial charge >= 0.3 is 0 Å². The molecule has 16 heavy (non-hydrogen) atoms. The van der Waals surface area contributed by atoms with Crippen LogP contribution in [0.15, 0.2) is 16.9 Å². The first-order valence-electron chi connectivity index (χ1n) is 5.04. The van der Waals surface area contributed by atoms with E-state index in [4.69, 9.17) is 0 Å². The second kappa shape index (κ2) is 4.17. The summed E-state index contributed by atoms with van der Waals surface area (Å²) in [5.74, 6) is 0. The van der Waals surface area contributed by atoms with Gasteiger partial charge in [0.15, 0.2) is 0 Å². The topological polar surface area (TPSA) is 47.8 Å². The molecule has 0 spiro atoms. The molecule has 4 nitrogen and oxygen atoms in total. The van der Waals surface area contributed by atoms with Crippen molar-refractivity contribution >= 4 is 11.3 Å². The summed E-state index contributed by atoms with van der Waals surface area (Å²) in [4.78, 5) is 17.1. The van der Waals surface area contributed by atoms with Crippen molar-refractivity contribution in [1.29, 1.82) is 0 Å². The summed E-state index contributed by atoms with van der Waals surface area (Å²) in [6, 6.07) is 3.26. The molecule has 0 saturated heterocycles. The third-order valence-electron chi connectivity index (χ3n) is 2.36. The van der Waals surface area contributed by atoms with Crippen LogP contribution in [0.1, 0.15) is 21.3 Å². The fourth-order valence-electron chi connectivity index (χ4n) is 1.40. The van der Waals surface area contributed by atoms with Gasteiger partial charge in [0.25, 0.3) is 5.56 Å². The van der Waals surface area contributed by atoms with Gasteiger partial charge in [-0.05, 0) is 26.8 Å². The Bertz CT molecular complexity index is 551. The van der Waals surface area contributed by atoms with Crippen LogP contribution in [-0.4, -0.2) is 14.8 Å². The quantitative estimate of drug-likeness (QED) is 0.795. The van der Waals surface area contributed by atoms with Crippen molar-refractivity contribution in [2.75, 3.05) is 0 Å². The van der Waals surface area contributed by atoms with Crippen molar-refractivity contribution < 1.29 is 0 Å². The van der Waals surface area contributed by atoms with E-state index in [1.165, 1.54) is 15.6 Å². The molecule has 2 rings (SSSR count). The highest BCUT2D eigenvalue weighted by Crippen LogP contribution is 2.16. The Kier molecular flexibility index (Phi) is 2.87. The molecule has 0 aliphatic carbocycles. The van der Waals surface area contributed by atoms with E-state index in [0.29, 0.717) is 6.54 Å². The zero-order chi connectivity index (χ0) is 11.7. The lowest BCUT2D eigenvalue weighted by atomic mass is 10.4. The molecule has 0 aliphatic heterocycles. The maximum atomic E-state index is 11.5. The van der Waals surface area contributed by atoms with Crippen molar-refractivity contribution in [2.45, 2.75) is 27.3 Å². The molecular weight excluding hydrogens is 222 g/mol. The van der Waals surface area contributed by atoms with E-state index in [0.717, 1.165) is 16.4 Å². The van der Waals surface area contributed by atoms with E-state index in [9.17, 15) is 4.79 Å². The number of aromatic nitrogens is 3. The Hall–Kier alpha value is -1.49. The van der Waals surface area contributed by atoms with Crippen LogP contribution in [0.25, 0.3) is 0 Å². The number of hydrogen-bond donors (Lipinski definition) is 0. The minimum atomic E-state index is -0.0869. The molecule has 0 unspecified atom stereocenters. The van der Waals surface area contributed by atoms with Gasteiger partial charge in [-0.15, -0.1) is 11.3 Å². The zero-order valence-electron chi connectivity index (χ0n) is 9.52. The van der Waals surface area contributed by atoms with E-state index in [-0.39, 0.29) is 5.56 Å². The van der Waals surface area contributed by atoms with E-state index in [2.05, 4.69) is 10.1 Å². The molecule has 0 atom stereocenters. The van der Waals surface area contributed by atoms with E-state index < -0.39 is 0 Å². The van der Waals surface area contributed by atoms with Crippen molar-refractivity contribution in [3.05, 3.63) is 43.8 Å². The number of hydrogen-bond acceptors (Lipinski definition) is 4. The fourth-order valence-corrected chi connectivity index (χ4v) is 2.32. The highest BCUT2D eigenvalue weighted by Gasteiger charge is 2.06. The van der Waals surface area contributed by atoms with Crippen molar-refractivity contribution in [2.24, 2.45) is 0 Å². The first-order chi connectivity index (χ1) is 7.56. The minimum absolute atomic E-state index is 0.0869. The molecule has 2 aromatic rings. The van der Waals surface area contributed by atoms with Gasteiger partial charge in [0, 0.05) is 10.9 Å². The van der Waals surface area contributed by atoms with Crippen LogP contribution < -0.4 is 5.56 Å². The lowest BCUT2D eigenvalue weighted by Crippen LogP contribution is -2.22. The summed E-state index contributed by atoms with van der Waals surface area (Å²) in [7, 11) is 0. The van der Waals surface area contributed by atoms with Crippen LogP contribution in [0.3, 0.4) is 0 Å². The van der Waals surface area contributed by atoms with Gasteiger partial charge in [-0.2, -0.15) is 5.10 Å². The Labute approximate surface area is 97.6 Å². The van der Waals surface area contributed by atoms with Crippen LogP contribution in [-0.2, 0) is 6.54 Å². The van der Waals surface area contributed by atoms with Crippen molar-refractivity contribution in [1.82, 2.24) is 14.8 Å². The van der Waals surface area contributed by atoms with Crippen LogP contribution in [0.5, 0.6) is 0 Å². The summed E-state index contributed by atoms with van der Waals surface area (Å²) in [5.41, 5.74) is 1.78. The molecule has 2 aromatic heterocycles. The smallest absolute Gasteiger partial charge is 0.267 e. The molecule has 0 saturated carbocycles. The highest BCUT2D eigenvalue weighted by molar-refractivity contribution is 7.11. The molecule has 84 valence electrons. The molecule has 5 heteroatoms. The second-order valence-electron chi connectivity index (χ2n) is 3.72. The predicted molar refractivity (Wildman–Crippen MR) is 63.9 cm³/mol. The van der Waals surface area contributed by atoms with E-state index in [1.807, 2.05) is 20.8 Å². The molecule has 0 N–H and O–H groups in total. The summed E-state index contributed by atoms with van der Waals surface area (Å²) in [6.45, 7) is 6.33. The van der Waals surface area contributed by atoms with Gasteiger partial charge < -0.3 is 0 Å². The van der Waals surface area contributed by atoms with Gasteiger partial charge in [0.2, 0.25) is 0 Å². The molecule has 0 fully saturated rings. The third kappa shape index (κ3) is 2.19. The first kappa shape index (κ1) is 11.0. The van der Waals surface area contributed by atoms with Gasteiger partial charge in [0.1, 0.15) is 5.01 Å². The van der Waals surface area contributed by atoms with E-state index in [1.54, 1.807) is 17.4 Å². The second-order valence-corrected chi connectivity index (χ2v) is 5.01. The lowest BCUT2D eigenvalue weighted by Gasteiger charge is -2.01. The number of aryl methyl sites for hydroxylation is 3. The normalized spacial score (nSPS) is 10.7. The van der Waals surface area contributed by atoms with Crippen LogP contribution in [0, 0.1) is 20.8 Å². The summed E-state index contributed by atoms with van der Waals surface area (Å²) >= 11 is 1.61. The highest BCUT2D eigenvalue weighted by atomic mass is 32.1. The molecular formula is C11H13N3OS. The number of nitrogens with zero attached hydrogens (tertiary/aromatic N) is 3. The Balaban J connectivity index is 2.33. The molecule has 0 radical (unpaired) electrons. The average Bonchev–Trinajstić information content (AvgIpc) is 2.52. The molecule has 0 bridgehead atoms. The van der Waals surface area contributed by atoms with Crippen molar-refractivity contribution in [3.63, 3.8) is 0 Å². The Morgan fingerprint density at radius 3 is 2.69 bits per heavy atom. The number of thiazole rings is 1. The molecule has 0 aromatic carbocycles. The van der Waals surface area contributed by atoms with Gasteiger partial charge in [-0.25, -0.2) is 9.67 Å². The first-order valence-corrected chi connectivity index (χ1v) is 5.85. The van der Waals surface area contributed by atoms with Crippen molar-refractivity contribution in [3.8, 4) is 0 Å². The summed E-state index contributed by atoms with van der Waals surface area (Å²) < 4.78 is 1.45. The largest absolute Gasteiger partial charge is 0.268 e. The Morgan fingerprint density at radius 1 is 1.31 bits per heavy atom. The molecule has 0 amide bonds. The lowest BCUT2D eigenvalue weighted by molar-refractivity contribution is 0.625. The SMILES string of the molecule is Cc1ccc(=O)n(Cc2nc(C)c(C)s2)n1. The monoisotopic (exact) mass is 235 g/mol. The Morgan fingerprint density at radius 2 is 2.06 bits per heavy atom. The van der Waals surface area contributed by atoms with Crippen LogP contribution >= 0.6 is 11.3 Å². The van der Waals surface area contributed by atoms with Crippen LogP contribution in [0.2, 0.25) is 0 Å². The van der Waals surface area contributed by atoms with Crippen LogP contribution in [0.4, 0.5) is 0 Å².